The Balaban J connectivity index is 1.69. The van der Waals surface area contributed by atoms with Crippen molar-refractivity contribution in [3.63, 3.8) is 0 Å². The van der Waals surface area contributed by atoms with Crippen molar-refractivity contribution in [3.8, 4) is 0 Å². The van der Waals surface area contributed by atoms with Gasteiger partial charge in [0, 0.05) is 12.1 Å². The summed E-state index contributed by atoms with van der Waals surface area (Å²) >= 11 is 0. The van der Waals surface area contributed by atoms with Gasteiger partial charge >= 0.3 is 0 Å². The van der Waals surface area contributed by atoms with Crippen LogP contribution >= 0.6 is 0 Å². The zero-order valence-electron chi connectivity index (χ0n) is 18.6. The third-order valence-electron chi connectivity index (χ3n) is 6.39. The number of hydrogen-bond acceptors (Lipinski definition) is 2. The van der Waals surface area contributed by atoms with Crippen LogP contribution in [0.4, 0.5) is 0 Å². The average molecular weight is 416 g/mol. The van der Waals surface area contributed by atoms with Crippen molar-refractivity contribution in [2.24, 2.45) is 0 Å². The van der Waals surface area contributed by atoms with Gasteiger partial charge in [-0.3, -0.25) is 0 Å². The molecule has 0 saturated heterocycles. The van der Waals surface area contributed by atoms with Gasteiger partial charge in [0.05, 0.1) is 6.61 Å². The van der Waals surface area contributed by atoms with Crippen LogP contribution in [0.1, 0.15) is 44.9 Å². The van der Waals surface area contributed by atoms with Crippen LogP contribution in [0, 0.1) is 0 Å². The molecule has 1 aliphatic rings. The van der Waals surface area contributed by atoms with E-state index in [4.69, 9.17) is 4.43 Å². The van der Waals surface area contributed by atoms with Crippen LogP contribution in [-0.4, -0.2) is 21.0 Å². The van der Waals surface area contributed by atoms with Crippen molar-refractivity contribution in [1.29, 1.82) is 0 Å². The van der Waals surface area contributed by atoms with E-state index in [0.29, 0.717) is 18.7 Å². The molecule has 156 valence electrons. The van der Waals surface area contributed by atoms with Crippen LogP contribution in [0.2, 0.25) is 5.04 Å². The molecule has 0 aromatic heterocycles. The van der Waals surface area contributed by atoms with E-state index in [-0.39, 0.29) is 5.04 Å². The second-order valence-electron chi connectivity index (χ2n) is 9.46. The number of benzene rings is 3. The normalized spacial score (nSPS) is 19.3. The molecule has 30 heavy (non-hydrogen) atoms. The minimum atomic E-state index is -2.49. The molecular formula is C27H33NOSi. The summed E-state index contributed by atoms with van der Waals surface area (Å²) in [5, 5.41) is 6.49. The lowest BCUT2D eigenvalue weighted by Crippen LogP contribution is -2.67. The maximum Gasteiger partial charge on any atom is 0.261 e. The smallest absolute Gasteiger partial charge is 0.261 e. The molecule has 0 unspecified atom stereocenters. The Bertz CT molecular complexity index is 925. The topological polar surface area (TPSA) is 21.3 Å². The summed E-state index contributed by atoms with van der Waals surface area (Å²) in [6.07, 6.45) is 1.01. The van der Waals surface area contributed by atoms with Gasteiger partial charge in [0.1, 0.15) is 0 Å². The monoisotopic (exact) mass is 415 g/mol. The van der Waals surface area contributed by atoms with Crippen molar-refractivity contribution < 1.29 is 4.43 Å². The molecule has 0 spiro atoms. The standard InChI is InChI=1S/C27H33NOSi/c1-21-26-18-12-11-13-22(26)19-23(28-21)20-29-30(27(2,3)4,24-14-7-5-8-15-24)25-16-9-6-10-17-25/h5-18,21,23,28H,19-20H2,1-4H3/t21-,23+/m0/s1. The van der Waals surface area contributed by atoms with Crippen LogP contribution in [-0.2, 0) is 10.8 Å². The molecule has 0 amide bonds. The van der Waals surface area contributed by atoms with Gasteiger partial charge in [-0.2, -0.15) is 0 Å². The molecule has 3 aromatic carbocycles. The molecule has 0 aliphatic carbocycles. The number of hydrogen-bond donors (Lipinski definition) is 1. The average Bonchev–Trinajstić information content (AvgIpc) is 2.75. The van der Waals surface area contributed by atoms with Gasteiger partial charge in [0.2, 0.25) is 0 Å². The summed E-state index contributed by atoms with van der Waals surface area (Å²) in [7, 11) is -2.49. The first-order valence-electron chi connectivity index (χ1n) is 11.0. The maximum atomic E-state index is 7.15. The highest BCUT2D eigenvalue weighted by Gasteiger charge is 2.50. The maximum absolute atomic E-state index is 7.15. The summed E-state index contributed by atoms with van der Waals surface area (Å²) in [5.41, 5.74) is 2.86. The van der Waals surface area contributed by atoms with Gasteiger partial charge in [0.15, 0.2) is 0 Å². The molecule has 0 bridgehead atoms. The second-order valence-corrected chi connectivity index (χ2v) is 13.8. The summed E-state index contributed by atoms with van der Waals surface area (Å²) in [5.74, 6) is 0. The SMILES string of the molecule is C[C@@H]1N[C@@H](CO[Si](c2ccccc2)(c2ccccc2)C(C)(C)C)Cc2ccccc21. The third kappa shape index (κ3) is 3.90. The van der Waals surface area contributed by atoms with Gasteiger partial charge in [-0.25, -0.2) is 0 Å². The molecular weight excluding hydrogens is 382 g/mol. The predicted molar refractivity (Wildman–Crippen MR) is 129 cm³/mol. The summed E-state index contributed by atoms with van der Waals surface area (Å²) < 4.78 is 7.15. The number of rotatable bonds is 5. The van der Waals surface area contributed by atoms with E-state index in [1.54, 1.807) is 0 Å². The highest BCUT2D eigenvalue weighted by Crippen LogP contribution is 2.37. The highest BCUT2D eigenvalue weighted by atomic mass is 28.4. The first-order chi connectivity index (χ1) is 14.4. The van der Waals surface area contributed by atoms with E-state index in [1.165, 1.54) is 21.5 Å². The van der Waals surface area contributed by atoms with Gasteiger partial charge < -0.3 is 9.74 Å². The Morgan fingerprint density at radius 2 is 1.37 bits per heavy atom. The van der Waals surface area contributed by atoms with Crippen LogP contribution in [0.3, 0.4) is 0 Å². The van der Waals surface area contributed by atoms with Crippen molar-refractivity contribution >= 4 is 18.7 Å². The summed E-state index contributed by atoms with van der Waals surface area (Å²) in [4.78, 5) is 0. The Hall–Kier alpha value is -2.20. The molecule has 3 heteroatoms. The van der Waals surface area contributed by atoms with Crippen molar-refractivity contribution in [2.45, 2.75) is 51.2 Å². The molecule has 3 aromatic rings. The Morgan fingerprint density at radius 3 is 1.93 bits per heavy atom. The Kier molecular flexibility index (Phi) is 5.96. The van der Waals surface area contributed by atoms with E-state index < -0.39 is 8.32 Å². The van der Waals surface area contributed by atoms with E-state index >= 15 is 0 Å². The van der Waals surface area contributed by atoms with E-state index in [9.17, 15) is 0 Å². The van der Waals surface area contributed by atoms with Gasteiger partial charge in [0.25, 0.3) is 8.32 Å². The summed E-state index contributed by atoms with van der Waals surface area (Å²) in [6.45, 7) is 9.99. The van der Waals surface area contributed by atoms with Crippen LogP contribution in [0.15, 0.2) is 84.9 Å². The van der Waals surface area contributed by atoms with Gasteiger partial charge in [-0.15, -0.1) is 0 Å². The van der Waals surface area contributed by atoms with Crippen molar-refractivity contribution in [3.05, 3.63) is 96.1 Å². The van der Waals surface area contributed by atoms with Crippen molar-refractivity contribution in [2.75, 3.05) is 6.61 Å². The molecule has 0 radical (unpaired) electrons. The van der Waals surface area contributed by atoms with Gasteiger partial charge in [-0.05, 0) is 39.9 Å². The largest absolute Gasteiger partial charge is 0.406 e. The fourth-order valence-electron chi connectivity index (χ4n) is 5.00. The lowest BCUT2D eigenvalue weighted by atomic mass is 9.91. The molecule has 1 heterocycles. The molecule has 2 nitrogen and oxygen atoms in total. The third-order valence-corrected chi connectivity index (χ3v) is 11.4. The summed E-state index contributed by atoms with van der Waals surface area (Å²) in [6, 6.07) is 31.3. The lowest BCUT2D eigenvalue weighted by Gasteiger charge is -2.44. The minimum absolute atomic E-state index is 0.00783. The number of nitrogens with one attached hydrogen (secondary N) is 1. The van der Waals surface area contributed by atoms with E-state index in [1.807, 2.05) is 0 Å². The molecule has 2 atom stereocenters. The molecule has 0 saturated carbocycles. The highest BCUT2D eigenvalue weighted by molar-refractivity contribution is 6.99. The zero-order valence-corrected chi connectivity index (χ0v) is 19.6. The van der Waals surface area contributed by atoms with Crippen LogP contribution in [0.5, 0.6) is 0 Å². The minimum Gasteiger partial charge on any atom is -0.406 e. The van der Waals surface area contributed by atoms with Crippen molar-refractivity contribution in [1.82, 2.24) is 5.32 Å². The Morgan fingerprint density at radius 1 is 0.833 bits per heavy atom. The van der Waals surface area contributed by atoms with Gasteiger partial charge in [-0.1, -0.05) is 106 Å². The fraction of sp³-hybridized carbons (Fsp3) is 0.333. The zero-order chi connectivity index (χ0) is 21.2. The quantitative estimate of drug-likeness (QED) is 0.602. The fourth-order valence-corrected chi connectivity index (χ4v) is 9.61. The first-order valence-corrected chi connectivity index (χ1v) is 12.9. The van der Waals surface area contributed by atoms with E-state index in [2.05, 4.69) is 118 Å². The van der Waals surface area contributed by atoms with Crippen LogP contribution < -0.4 is 15.7 Å². The molecule has 1 N–H and O–H groups in total. The lowest BCUT2D eigenvalue weighted by molar-refractivity contribution is 0.233. The Labute approximate surface area is 182 Å². The number of fused-ring (bicyclic) bond motifs is 1. The predicted octanol–water partition coefficient (Wildman–Crippen LogP) is 4.84. The van der Waals surface area contributed by atoms with E-state index in [0.717, 1.165) is 6.42 Å². The second kappa shape index (κ2) is 8.50. The first kappa shape index (κ1) is 21.0. The van der Waals surface area contributed by atoms with Crippen LogP contribution in [0.25, 0.3) is 0 Å². The molecule has 4 rings (SSSR count). The molecule has 1 aliphatic heterocycles. The molecule has 0 fully saturated rings.